The highest BCUT2D eigenvalue weighted by Crippen LogP contribution is 2.07. The Kier molecular flexibility index (Phi) is 4.25. The summed E-state index contributed by atoms with van der Waals surface area (Å²) in [7, 11) is 0. The molecule has 0 spiro atoms. The van der Waals surface area contributed by atoms with E-state index in [0.717, 1.165) is 15.6 Å². The predicted molar refractivity (Wildman–Crippen MR) is 68.1 cm³/mol. The third-order valence-electron chi connectivity index (χ3n) is 2.16. The van der Waals surface area contributed by atoms with E-state index < -0.39 is 6.09 Å². The molecule has 1 heterocycles. The molecule has 1 amide bonds. The van der Waals surface area contributed by atoms with Crippen LogP contribution in [0, 0.1) is 6.92 Å². The van der Waals surface area contributed by atoms with E-state index in [0.29, 0.717) is 6.54 Å². The standard InChI is InChI=1S/C12H13N3O2S/c1-9-14-15-11(18-9)7-13-12(16)17-8-10-5-3-2-4-6-10/h2-6H,7-8H2,1H3,(H,13,16). The molecule has 1 aromatic carbocycles. The molecule has 0 fully saturated rings. The zero-order valence-corrected chi connectivity index (χ0v) is 10.7. The monoisotopic (exact) mass is 263 g/mol. The van der Waals surface area contributed by atoms with Gasteiger partial charge in [0.2, 0.25) is 0 Å². The molecule has 2 rings (SSSR count). The minimum Gasteiger partial charge on any atom is -0.445 e. The van der Waals surface area contributed by atoms with Crippen molar-refractivity contribution in [1.29, 1.82) is 0 Å². The second-order valence-corrected chi connectivity index (χ2v) is 4.90. The van der Waals surface area contributed by atoms with Crippen molar-refractivity contribution in [2.45, 2.75) is 20.1 Å². The Hall–Kier alpha value is -1.95. The van der Waals surface area contributed by atoms with Gasteiger partial charge in [0.25, 0.3) is 0 Å². The Labute approximate surface area is 109 Å². The van der Waals surface area contributed by atoms with Crippen LogP contribution in [0.2, 0.25) is 0 Å². The van der Waals surface area contributed by atoms with Crippen molar-refractivity contribution >= 4 is 17.4 Å². The maximum Gasteiger partial charge on any atom is 0.407 e. The lowest BCUT2D eigenvalue weighted by atomic mass is 10.2. The normalized spacial score (nSPS) is 10.1. The molecule has 1 N–H and O–H groups in total. The largest absolute Gasteiger partial charge is 0.445 e. The molecule has 5 nitrogen and oxygen atoms in total. The summed E-state index contributed by atoms with van der Waals surface area (Å²) in [4.78, 5) is 11.4. The first-order chi connectivity index (χ1) is 8.74. The number of ether oxygens (including phenoxy) is 1. The van der Waals surface area contributed by atoms with E-state index in [4.69, 9.17) is 4.74 Å². The molecule has 0 unspecified atom stereocenters. The van der Waals surface area contributed by atoms with E-state index in [1.807, 2.05) is 37.3 Å². The zero-order valence-electron chi connectivity index (χ0n) is 9.92. The summed E-state index contributed by atoms with van der Waals surface area (Å²) < 4.78 is 5.06. The second kappa shape index (κ2) is 6.11. The Bertz CT molecular complexity index is 513. The first kappa shape index (κ1) is 12.5. The van der Waals surface area contributed by atoms with Gasteiger partial charge in [0.1, 0.15) is 16.6 Å². The molecule has 0 aliphatic heterocycles. The molecule has 0 saturated heterocycles. The lowest BCUT2D eigenvalue weighted by Gasteiger charge is -2.05. The van der Waals surface area contributed by atoms with E-state index in [1.54, 1.807) is 0 Å². The Balaban J connectivity index is 1.73. The molecule has 94 valence electrons. The van der Waals surface area contributed by atoms with Gasteiger partial charge >= 0.3 is 6.09 Å². The number of rotatable bonds is 4. The number of carbonyl (C=O) groups is 1. The minimum absolute atomic E-state index is 0.266. The van der Waals surface area contributed by atoms with E-state index in [2.05, 4.69) is 15.5 Å². The van der Waals surface area contributed by atoms with Crippen molar-refractivity contribution in [3.8, 4) is 0 Å². The van der Waals surface area contributed by atoms with Crippen LogP contribution >= 0.6 is 11.3 Å². The van der Waals surface area contributed by atoms with E-state index >= 15 is 0 Å². The fourth-order valence-corrected chi connectivity index (χ4v) is 1.98. The predicted octanol–water partition coefficient (Wildman–Crippen LogP) is 2.27. The molecular formula is C12H13N3O2S. The van der Waals surface area contributed by atoms with Crippen LogP contribution in [0.25, 0.3) is 0 Å². The molecule has 1 aromatic heterocycles. The molecule has 2 aromatic rings. The van der Waals surface area contributed by atoms with Gasteiger partial charge in [-0.1, -0.05) is 41.7 Å². The van der Waals surface area contributed by atoms with Crippen molar-refractivity contribution in [3.05, 3.63) is 45.9 Å². The summed E-state index contributed by atoms with van der Waals surface area (Å²) in [6, 6.07) is 9.53. The number of alkyl carbamates (subject to hydrolysis) is 1. The summed E-state index contributed by atoms with van der Waals surface area (Å²) in [5, 5.41) is 12.0. The van der Waals surface area contributed by atoms with Crippen molar-refractivity contribution in [2.75, 3.05) is 0 Å². The molecule has 6 heteroatoms. The maximum absolute atomic E-state index is 11.4. The quantitative estimate of drug-likeness (QED) is 0.919. The van der Waals surface area contributed by atoms with Crippen molar-refractivity contribution in [2.24, 2.45) is 0 Å². The van der Waals surface area contributed by atoms with Gasteiger partial charge in [-0.3, -0.25) is 0 Å². The number of nitrogens with one attached hydrogen (secondary N) is 1. The SMILES string of the molecule is Cc1nnc(CNC(=O)OCc2ccccc2)s1. The number of aryl methyl sites for hydroxylation is 1. The van der Waals surface area contributed by atoms with E-state index in [9.17, 15) is 4.79 Å². The Morgan fingerprint density at radius 3 is 2.78 bits per heavy atom. The van der Waals surface area contributed by atoms with Crippen LogP contribution in [0.4, 0.5) is 4.79 Å². The highest BCUT2D eigenvalue weighted by molar-refractivity contribution is 7.11. The lowest BCUT2D eigenvalue weighted by Crippen LogP contribution is -2.23. The van der Waals surface area contributed by atoms with Crippen molar-refractivity contribution in [1.82, 2.24) is 15.5 Å². The van der Waals surface area contributed by atoms with Gasteiger partial charge in [0.05, 0.1) is 6.54 Å². The number of aromatic nitrogens is 2. The van der Waals surface area contributed by atoms with Crippen LogP contribution in [0.5, 0.6) is 0 Å². The zero-order chi connectivity index (χ0) is 12.8. The fraction of sp³-hybridized carbons (Fsp3) is 0.250. The van der Waals surface area contributed by atoms with Gasteiger partial charge in [0, 0.05) is 0 Å². The molecule has 0 bridgehead atoms. The van der Waals surface area contributed by atoms with Crippen LogP contribution in [-0.2, 0) is 17.9 Å². The topological polar surface area (TPSA) is 64.1 Å². The summed E-state index contributed by atoms with van der Waals surface area (Å²) in [5.41, 5.74) is 0.958. The third kappa shape index (κ3) is 3.81. The van der Waals surface area contributed by atoms with E-state index in [1.165, 1.54) is 11.3 Å². The van der Waals surface area contributed by atoms with Crippen LogP contribution < -0.4 is 5.32 Å². The Morgan fingerprint density at radius 2 is 2.11 bits per heavy atom. The van der Waals surface area contributed by atoms with Gasteiger partial charge in [-0.05, 0) is 12.5 Å². The molecule has 0 aliphatic carbocycles. The molecule has 18 heavy (non-hydrogen) atoms. The van der Waals surface area contributed by atoms with Crippen molar-refractivity contribution in [3.63, 3.8) is 0 Å². The number of benzene rings is 1. The lowest BCUT2D eigenvalue weighted by molar-refractivity contribution is 0.139. The molecular weight excluding hydrogens is 250 g/mol. The average Bonchev–Trinajstić information content (AvgIpc) is 2.81. The maximum atomic E-state index is 11.4. The molecule has 0 radical (unpaired) electrons. The summed E-state index contributed by atoms with van der Waals surface area (Å²) in [6.45, 7) is 2.48. The number of hydrogen-bond donors (Lipinski definition) is 1. The number of carbonyl (C=O) groups excluding carboxylic acids is 1. The second-order valence-electron chi connectivity index (χ2n) is 3.63. The van der Waals surface area contributed by atoms with Crippen LogP contribution in [-0.4, -0.2) is 16.3 Å². The van der Waals surface area contributed by atoms with Gasteiger partial charge in [0.15, 0.2) is 0 Å². The average molecular weight is 263 g/mol. The van der Waals surface area contributed by atoms with Gasteiger partial charge in [-0.15, -0.1) is 10.2 Å². The molecule has 0 saturated carbocycles. The number of amides is 1. The first-order valence-corrected chi connectivity index (χ1v) is 6.29. The molecule has 0 atom stereocenters. The minimum atomic E-state index is -0.452. The van der Waals surface area contributed by atoms with Crippen LogP contribution in [0.3, 0.4) is 0 Å². The third-order valence-corrected chi connectivity index (χ3v) is 3.00. The number of nitrogens with zero attached hydrogens (tertiary/aromatic N) is 2. The van der Waals surface area contributed by atoms with Gasteiger partial charge < -0.3 is 10.1 Å². The number of hydrogen-bond acceptors (Lipinski definition) is 5. The molecule has 0 aliphatic rings. The van der Waals surface area contributed by atoms with Crippen LogP contribution in [0.1, 0.15) is 15.6 Å². The van der Waals surface area contributed by atoms with Gasteiger partial charge in [-0.2, -0.15) is 0 Å². The highest BCUT2D eigenvalue weighted by Gasteiger charge is 2.05. The summed E-state index contributed by atoms with van der Waals surface area (Å²) in [6.07, 6.45) is -0.452. The summed E-state index contributed by atoms with van der Waals surface area (Å²) in [5.74, 6) is 0. The highest BCUT2D eigenvalue weighted by atomic mass is 32.1. The van der Waals surface area contributed by atoms with E-state index in [-0.39, 0.29) is 6.61 Å². The Morgan fingerprint density at radius 1 is 1.33 bits per heavy atom. The fourth-order valence-electron chi connectivity index (χ4n) is 1.33. The summed E-state index contributed by atoms with van der Waals surface area (Å²) >= 11 is 1.45. The van der Waals surface area contributed by atoms with Crippen LogP contribution in [0.15, 0.2) is 30.3 Å². The van der Waals surface area contributed by atoms with Crippen molar-refractivity contribution < 1.29 is 9.53 Å². The van der Waals surface area contributed by atoms with Gasteiger partial charge in [-0.25, -0.2) is 4.79 Å². The smallest absolute Gasteiger partial charge is 0.407 e. The first-order valence-electron chi connectivity index (χ1n) is 5.47.